The van der Waals surface area contributed by atoms with Crippen molar-refractivity contribution in [2.75, 3.05) is 18.8 Å². The van der Waals surface area contributed by atoms with E-state index in [9.17, 15) is 0 Å². The lowest BCUT2D eigenvalue weighted by atomic mass is 9.88. The Morgan fingerprint density at radius 3 is 2.89 bits per heavy atom. The molecule has 1 aromatic rings. The van der Waals surface area contributed by atoms with E-state index >= 15 is 0 Å². The van der Waals surface area contributed by atoms with Crippen molar-refractivity contribution in [2.24, 2.45) is 5.92 Å². The number of hydrogen-bond acceptors (Lipinski definition) is 4. The second-order valence-electron chi connectivity index (χ2n) is 5.67. The van der Waals surface area contributed by atoms with Gasteiger partial charge in [-0.05, 0) is 25.2 Å². The highest BCUT2D eigenvalue weighted by Crippen LogP contribution is 2.27. The van der Waals surface area contributed by atoms with Crippen molar-refractivity contribution < 1.29 is 0 Å². The highest BCUT2D eigenvalue weighted by atomic mass is 15.1. The number of nitrogens with zero attached hydrogens (tertiary/aromatic N) is 3. The van der Waals surface area contributed by atoms with Crippen molar-refractivity contribution in [3.05, 3.63) is 17.6 Å². The van der Waals surface area contributed by atoms with Gasteiger partial charge < -0.3 is 5.73 Å². The van der Waals surface area contributed by atoms with Gasteiger partial charge >= 0.3 is 0 Å². The Labute approximate surface area is 109 Å². The molecule has 2 aliphatic rings. The van der Waals surface area contributed by atoms with E-state index in [1.54, 1.807) is 6.33 Å². The average molecular weight is 246 g/mol. The van der Waals surface area contributed by atoms with E-state index in [0.29, 0.717) is 5.82 Å². The predicted molar refractivity (Wildman–Crippen MR) is 72.0 cm³/mol. The lowest BCUT2D eigenvalue weighted by Crippen LogP contribution is -2.36. The molecule has 1 aliphatic carbocycles. The minimum absolute atomic E-state index is 0.678. The Kier molecular flexibility index (Phi) is 3.46. The molecule has 4 heteroatoms. The van der Waals surface area contributed by atoms with Gasteiger partial charge in [0, 0.05) is 25.2 Å². The monoisotopic (exact) mass is 246 g/mol. The number of anilines is 1. The molecular weight excluding hydrogens is 224 g/mol. The molecule has 1 fully saturated rings. The normalized spacial score (nSPS) is 21.8. The lowest BCUT2D eigenvalue weighted by molar-refractivity contribution is 0.185. The van der Waals surface area contributed by atoms with Gasteiger partial charge in [-0.3, -0.25) is 4.90 Å². The lowest BCUT2D eigenvalue weighted by Gasteiger charge is -2.32. The minimum Gasteiger partial charge on any atom is -0.383 e. The number of nitrogens with two attached hydrogens (primary N) is 1. The van der Waals surface area contributed by atoms with Gasteiger partial charge in [0.1, 0.15) is 12.1 Å². The van der Waals surface area contributed by atoms with Crippen LogP contribution in [0, 0.1) is 5.92 Å². The first-order valence-corrected chi connectivity index (χ1v) is 7.13. The third kappa shape index (κ3) is 2.48. The van der Waals surface area contributed by atoms with Crippen molar-refractivity contribution in [3.8, 4) is 0 Å². The van der Waals surface area contributed by atoms with Gasteiger partial charge in [0.25, 0.3) is 0 Å². The third-order valence-corrected chi connectivity index (χ3v) is 4.36. The second-order valence-corrected chi connectivity index (χ2v) is 5.67. The number of rotatable bonds is 2. The highest BCUT2D eigenvalue weighted by Gasteiger charge is 2.23. The quantitative estimate of drug-likeness (QED) is 0.867. The Morgan fingerprint density at radius 2 is 2.06 bits per heavy atom. The molecular formula is C14H22N4. The molecule has 1 aliphatic heterocycles. The third-order valence-electron chi connectivity index (χ3n) is 4.36. The van der Waals surface area contributed by atoms with Crippen LogP contribution in [0.4, 0.5) is 5.82 Å². The van der Waals surface area contributed by atoms with Crippen molar-refractivity contribution >= 4 is 5.82 Å². The summed E-state index contributed by atoms with van der Waals surface area (Å²) in [6.07, 6.45) is 9.70. The number of hydrogen-bond donors (Lipinski definition) is 1. The first-order valence-electron chi connectivity index (χ1n) is 7.13. The van der Waals surface area contributed by atoms with E-state index in [0.717, 1.165) is 31.1 Å². The van der Waals surface area contributed by atoms with Gasteiger partial charge in [0.2, 0.25) is 0 Å². The van der Waals surface area contributed by atoms with E-state index in [1.807, 2.05) is 0 Å². The van der Waals surface area contributed by atoms with Crippen LogP contribution in [0.3, 0.4) is 0 Å². The highest BCUT2D eigenvalue weighted by molar-refractivity contribution is 5.42. The van der Waals surface area contributed by atoms with Crippen molar-refractivity contribution in [1.29, 1.82) is 0 Å². The summed E-state index contributed by atoms with van der Waals surface area (Å²) in [5.41, 5.74) is 8.22. The van der Waals surface area contributed by atoms with Crippen molar-refractivity contribution in [3.63, 3.8) is 0 Å². The maximum absolute atomic E-state index is 5.90. The van der Waals surface area contributed by atoms with Crippen LogP contribution >= 0.6 is 0 Å². The van der Waals surface area contributed by atoms with Crippen LogP contribution in [0.25, 0.3) is 0 Å². The number of aromatic nitrogens is 2. The summed E-state index contributed by atoms with van der Waals surface area (Å²) in [6.45, 7) is 3.31. The van der Waals surface area contributed by atoms with Gasteiger partial charge in [-0.15, -0.1) is 0 Å². The molecule has 3 rings (SSSR count). The number of fused-ring (bicyclic) bond motifs is 1. The summed E-state index contributed by atoms with van der Waals surface area (Å²) in [7, 11) is 0. The van der Waals surface area contributed by atoms with Crippen molar-refractivity contribution in [1.82, 2.24) is 14.9 Å². The van der Waals surface area contributed by atoms with Gasteiger partial charge in [-0.1, -0.05) is 19.3 Å². The maximum atomic E-state index is 5.90. The molecule has 1 aromatic heterocycles. The first-order chi connectivity index (χ1) is 8.83. The van der Waals surface area contributed by atoms with Gasteiger partial charge in [0.05, 0.1) is 5.69 Å². The molecule has 2 heterocycles. The van der Waals surface area contributed by atoms with Crippen LogP contribution in [0.15, 0.2) is 6.33 Å². The maximum Gasteiger partial charge on any atom is 0.130 e. The predicted octanol–water partition coefficient (Wildman–Crippen LogP) is 2.00. The smallest absolute Gasteiger partial charge is 0.130 e. The standard InChI is InChI=1S/C14H22N4/c15-14-12-6-7-18(9-13(12)16-10-17-14)8-11-4-2-1-3-5-11/h10-11H,1-9H2,(H2,15,16,17). The average Bonchev–Trinajstić information content (AvgIpc) is 2.40. The van der Waals surface area contributed by atoms with Crippen LogP contribution < -0.4 is 5.73 Å². The fourth-order valence-corrected chi connectivity index (χ4v) is 3.32. The van der Waals surface area contributed by atoms with Crippen molar-refractivity contribution in [2.45, 2.75) is 45.1 Å². The zero-order valence-corrected chi connectivity index (χ0v) is 10.9. The Morgan fingerprint density at radius 1 is 1.22 bits per heavy atom. The molecule has 18 heavy (non-hydrogen) atoms. The van der Waals surface area contributed by atoms with Crippen LogP contribution in [0.5, 0.6) is 0 Å². The summed E-state index contributed by atoms with van der Waals surface area (Å²) in [4.78, 5) is 11.0. The molecule has 1 saturated carbocycles. The molecule has 2 N–H and O–H groups in total. The van der Waals surface area contributed by atoms with Crippen LogP contribution in [0.2, 0.25) is 0 Å². The van der Waals surface area contributed by atoms with E-state index < -0.39 is 0 Å². The van der Waals surface area contributed by atoms with E-state index in [2.05, 4.69) is 14.9 Å². The zero-order valence-electron chi connectivity index (χ0n) is 10.9. The molecule has 0 atom stereocenters. The Hall–Kier alpha value is -1.16. The molecule has 4 nitrogen and oxygen atoms in total. The SMILES string of the molecule is Nc1ncnc2c1CCN(CC1CCCCC1)C2. The molecule has 0 unspecified atom stereocenters. The second kappa shape index (κ2) is 5.22. The fourth-order valence-electron chi connectivity index (χ4n) is 3.32. The van der Waals surface area contributed by atoms with E-state index in [4.69, 9.17) is 5.73 Å². The molecule has 0 spiro atoms. The zero-order chi connectivity index (χ0) is 12.4. The largest absolute Gasteiger partial charge is 0.383 e. The summed E-state index contributed by atoms with van der Waals surface area (Å²) < 4.78 is 0. The van der Waals surface area contributed by atoms with Gasteiger partial charge in [-0.2, -0.15) is 0 Å². The Balaban J connectivity index is 1.64. The summed E-state index contributed by atoms with van der Waals surface area (Å²) >= 11 is 0. The van der Waals surface area contributed by atoms with E-state index in [-0.39, 0.29) is 0 Å². The summed E-state index contributed by atoms with van der Waals surface area (Å²) in [6, 6.07) is 0. The van der Waals surface area contributed by atoms with Crippen LogP contribution in [-0.2, 0) is 13.0 Å². The first kappa shape index (κ1) is 11.9. The molecule has 0 bridgehead atoms. The summed E-state index contributed by atoms with van der Waals surface area (Å²) in [5, 5.41) is 0. The minimum atomic E-state index is 0.678. The molecule has 0 saturated heterocycles. The van der Waals surface area contributed by atoms with Gasteiger partial charge in [-0.25, -0.2) is 9.97 Å². The van der Waals surface area contributed by atoms with E-state index in [1.165, 1.54) is 44.2 Å². The van der Waals surface area contributed by atoms with Gasteiger partial charge in [0.15, 0.2) is 0 Å². The fraction of sp³-hybridized carbons (Fsp3) is 0.714. The molecule has 0 aromatic carbocycles. The van der Waals surface area contributed by atoms with Crippen LogP contribution in [-0.4, -0.2) is 28.0 Å². The topological polar surface area (TPSA) is 55.0 Å². The summed E-state index contributed by atoms with van der Waals surface area (Å²) in [5.74, 6) is 1.58. The molecule has 0 amide bonds. The molecule has 0 radical (unpaired) electrons. The van der Waals surface area contributed by atoms with Crippen LogP contribution in [0.1, 0.15) is 43.4 Å². The Bertz CT molecular complexity index is 412. The number of nitrogen functional groups attached to an aromatic ring is 1. The molecule has 98 valence electrons.